The Bertz CT molecular complexity index is 574. The fourth-order valence-corrected chi connectivity index (χ4v) is 3.20. The first-order chi connectivity index (χ1) is 10.4. The van der Waals surface area contributed by atoms with E-state index in [1.165, 1.54) is 18.2 Å². The molecule has 4 nitrogen and oxygen atoms in total. The third kappa shape index (κ3) is 4.29. The predicted molar refractivity (Wildman–Crippen MR) is 81.6 cm³/mol. The van der Waals surface area contributed by atoms with Gasteiger partial charge in [-0.2, -0.15) is 0 Å². The quantitative estimate of drug-likeness (QED) is 0.879. The van der Waals surface area contributed by atoms with Gasteiger partial charge in [0.15, 0.2) is 0 Å². The number of hydrogen-bond acceptors (Lipinski definition) is 3. The summed E-state index contributed by atoms with van der Waals surface area (Å²) in [6.45, 7) is 1.83. The zero-order valence-corrected chi connectivity index (χ0v) is 13.1. The first-order valence-corrected chi connectivity index (χ1v) is 7.25. The van der Waals surface area contributed by atoms with Gasteiger partial charge < -0.3 is 15.4 Å². The third-order valence-corrected chi connectivity index (χ3v) is 4.44. The maximum absolute atomic E-state index is 12.3. The first kappa shape index (κ1) is 17.9. The van der Waals surface area contributed by atoms with E-state index in [1.54, 1.807) is 6.07 Å². The van der Waals surface area contributed by atoms with E-state index in [1.807, 2.05) is 0 Å². The molecule has 1 aliphatic heterocycles. The molecule has 2 N–H and O–H groups in total. The molecule has 8 heteroatoms. The molecular weight excluding hydrogens is 333 g/mol. The summed E-state index contributed by atoms with van der Waals surface area (Å²) in [5.41, 5.74) is 0.415. The standard InChI is InChI=1S/C15H17F3N2O2.ClH/c16-15(17,18)22-11-3-1-2-10(8-11)20-13(21)12-9-14(12)4-6-19-7-5-14;/h1-3,8,12,19H,4-7,9H2,(H,20,21);1H. The lowest BCUT2D eigenvalue weighted by molar-refractivity contribution is -0.274. The zero-order chi connectivity index (χ0) is 15.8. The van der Waals surface area contributed by atoms with Crippen LogP contribution in [0, 0.1) is 11.3 Å². The number of alkyl halides is 3. The van der Waals surface area contributed by atoms with E-state index in [0.29, 0.717) is 5.69 Å². The minimum Gasteiger partial charge on any atom is -0.406 e. The summed E-state index contributed by atoms with van der Waals surface area (Å²) in [4.78, 5) is 12.3. The summed E-state index contributed by atoms with van der Waals surface area (Å²) in [6, 6.07) is 5.36. The molecule has 3 rings (SSSR count). The van der Waals surface area contributed by atoms with Crippen LogP contribution in [0.1, 0.15) is 19.3 Å². The van der Waals surface area contributed by atoms with E-state index < -0.39 is 6.36 Å². The van der Waals surface area contributed by atoms with E-state index in [4.69, 9.17) is 0 Å². The largest absolute Gasteiger partial charge is 0.573 e. The van der Waals surface area contributed by atoms with Crippen molar-refractivity contribution in [1.29, 1.82) is 0 Å². The zero-order valence-electron chi connectivity index (χ0n) is 12.3. The van der Waals surface area contributed by atoms with Crippen LogP contribution in [0.25, 0.3) is 0 Å². The van der Waals surface area contributed by atoms with Gasteiger partial charge in [0.05, 0.1) is 0 Å². The number of benzene rings is 1. The Labute approximate surface area is 138 Å². The first-order valence-electron chi connectivity index (χ1n) is 7.25. The Hall–Kier alpha value is -1.47. The molecule has 1 saturated carbocycles. The van der Waals surface area contributed by atoms with Crippen molar-refractivity contribution in [3.8, 4) is 5.75 Å². The van der Waals surface area contributed by atoms with Crippen LogP contribution in [-0.2, 0) is 4.79 Å². The minimum atomic E-state index is -4.74. The molecule has 0 aromatic heterocycles. The van der Waals surface area contributed by atoms with Crippen LogP contribution >= 0.6 is 12.4 Å². The van der Waals surface area contributed by atoms with Gasteiger partial charge in [0, 0.05) is 17.7 Å². The van der Waals surface area contributed by atoms with Crippen molar-refractivity contribution in [3.05, 3.63) is 24.3 Å². The van der Waals surface area contributed by atoms with E-state index in [2.05, 4.69) is 15.4 Å². The SMILES string of the molecule is Cl.O=C(Nc1cccc(OC(F)(F)F)c1)C1CC12CCNCC2. The second-order valence-corrected chi connectivity index (χ2v) is 5.93. The van der Waals surface area contributed by atoms with Gasteiger partial charge in [-0.1, -0.05) is 6.07 Å². The van der Waals surface area contributed by atoms with Gasteiger partial charge in [0.2, 0.25) is 5.91 Å². The van der Waals surface area contributed by atoms with E-state index in [9.17, 15) is 18.0 Å². The Morgan fingerprint density at radius 2 is 2.00 bits per heavy atom. The average molecular weight is 351 g/mol. The van der Waals surface area contributed by atoms with Crippen LogP contribution in [0.5, 0.6) is 5.75 Å². The highest BCUT2D eigenvalue weighted by Gasteiger charge is 2.57. The fourth-order valence-electron chi connectivity index (χ4n) is 3.20. The second-order valence-electron chi connectivity index (χ2n) is 5.93. The van der Waals surface area contributed by atoms with E-state index >= 15 is 0 Å². The molecule has 1 atom stereocenters. The summed E-state index contributed by atoms with van der Waals surface area (Å²) in [6.07, 6.45) is -1.93. The molecule has 1 saturated heterocycles. The van der Waals surface area contributed by atoms with Crippen molar-refractivity contribution >= 4 is 24.0 Å². The van der Waals surface area contributed by atoms with Crippen LogP contribution in [0.2, 0.25) is 0 Å². The Morgan fingerprint density at radius 1 is 1.30 bits per heavy atom. The molecule has 0 bridgehead atoms. The minimum absolute atomic E-state index is 0. The van der Waals surface area contributed by atoms with Gasteiger partial charge in [-0.15, -0.1) is 25.6 Å². The van der Waals surface area contributed by atoms with Crippen molar-refractivity contribution in [2.45, 2.75) is 25.6 Å². The number of ether oxygens (including phenoxy) is 1. The van der Waals surface area contributed by atoms with Crippen LogP contribution < -0.4 is 15.4 Å². The lowest BCUT2D eigenvalue weighted by atomic mass is 9.92. The average Bonchev–Trinajstić information content (AvgIpc) is 3.11. The van der Waals surface area contributed by atoms with E-state index in [0.717, 1.165) is 32.4 Å². The number of amides is 1. The molecule has 0 radical (unpaired) electrons. The van der Waals surface area contributed by atoms with Crippen LogP contribution in [0.3, 0.4) is 0 Å². The van der Waals surface area contributed by atoms with Gasteiger partial charge in [0.1, 0.15) is 5.75 Å². The maximum atomic E-state index is 12.3. The Kier molecular flexibility index (Phi) is 5.10. The maximum Gasteiger partial charge on any atom is 0.573 e. The normalized spacial score (nSPS) is 22.1. The molecule has 1 aromatic carbocycles. The highest BCUT2D eigenvalue weighted by Crippen LogP contribution is 2.58. The number of piperidine rings is 1. The van der Waals surface area contributed by atoms with Gasteiger partial charge in [-0.05, 0) is 49.9 Å². The number of carbonyl (C=O) groups excluding carboxylic acids is 1. The molecule has 1 amide bonds. The van der Waals surface area contributed by atoms with Crippen LogP contribution in [0.15, 0.2) is 24.3 Å². The molecule has 2 aliphatic rings. The number of nitrogens with one attached hydrogen (secondary N) is 2. The topological polar surface area (TPSA) is 50.4 Å². The summed E-state index contributed by atoms with van der Waals surface area (Å²) in [5.74, 6) is -0.495. The van der Waals surface area contributed by atoms with Crippen molar-refractivity contribution < 1.29 is 22.7 Å². The summed E-state index contributed by atoms with van der Waals surface area (Å²) < 4.78 is 40.4. The van der Waals surface area contributed by atoms with Gasteiger partial charge in [-0.3, -0.25) is 4.79 Å². The Morgan fingerprint density at radius 3 is 2.65 bits per heavy atom. The number of anilines is 1. The van der Waals surface area contributed by atoms with Crippen molar-refractivity contribution in [2.24, 2.45) is 11.3 Å². The van der Waals surface area contributed by atoms with Crippen LogP contribution in [0.4, 0.5) is 18.9 Å². The number of halogens is 4. The van der Waals surface area contributed by atoms with Gasteiger partial charge >= 0.3 is 6.36 Å². The molecule has 23 heavy (non-hydrogen) atoms. The summed E-state index contributed by atoms with van der Waals surface area (Å²) >= 11 is 0. The predicted octanol–water partition coefficient (Wildman–Crippen LogP) is 3.34. The Balaban J connectivity index is 0.00000192. The van der Waals surface area contributed by atoms with Gasteiger partial charge in [0.25, 0.3) is 0 Å². The number of hydrogen-bond donors (Lipinski definition) is 2. The summed E-state index contributed by atoms with van der Waals surface area (Å²) in [7, 11) is 0. The number of rotatable bonds is 3. The highest BCUT2D eigenvalue weighted by molar-refractivity contribution is 5.95. The molecule has 2 fully saturated rings. The second kappa shape index (κ2) is 6.57. The molecule has 1 aliphatic carbocycles. The molecule has 128 valence electrons. The van der Waals surface area contributed by atoms with Crippen molar-refractivity contribution in [1.82, 2.24) is 5.32 Å². The van der Waals surface area contributed by atoms with Crippen LogP contribution in [-0.4, -0.2) is 25.4 Å². The molecular formula is C15H18ClF3N2O2. The molecule has 1 unspecified atom stereocenters. The van der Waals surface area contributed by atoms with Crippen molar-refractivity contribution in [3.63, 3.8) is 0 Å². The van der Waals surface area contributed by atoms with E-state index in [-0.39, 0.29) is 35.4 Å². The molecule has 1 aromatic rings. The smallest absolute Gasteiger partial charge is 0.406 e. The lowest BCUT2D eigenvalue weighted by Gasteiger charge is -2.23. The number of carbonyl (C=O) groups is 1. The fraction of sp³-hybridized carbons (Fsp3) is 0.533. The molecule has 1 spiro atoms. The van der Waals surface area contributed by atoms with Gasteiger partial charge in [-0.25, -0.2) is 0 Å². The molecule has 1 heterocycles. The third-order valence-electron chi connectivity index (χ3n) is 4.44. The lowest BCUT2D eigenvalue weighted by Crippen LogP contribution is -2.31. The highest BCUT2D eigenvalue weighted by atomic mass is 35.5. The summed E-state index contributed by atoms with van der Waals surface area (Å²) in [5, 5.41) is 5.96. The monoisotopic (exact) mass is 350 g/mol. The van der Waals surface area contributed by atoms with Crippen molar-refractivity contribution in [2.75, 3.05) is 18.4 Å².